The van der Waals surface area contributed by atoms with E-state index in [0.717, 1.165) is 0 Å². The minimum absolute atomic E-state index is 0. The summed E-state index contributed by atoms with van der Waals surface area (Å²) in [7, 11) is 0. The lowest BCUT2D eigenvalue weighted by molar-refractivity contribution is -0.139. The molecule has 4 N–H and O–H groups in total. The van der Waals surface area contributed by atoms with Crippen LogP contribution in [0.2, 0.25) is 0 Å². The minimum atomic E-state index is -1.17. The Labute approximate surface area is 96.2 Å². The number of hydrogen-bond acceptors (Lipinski definition) is 3. The SMILES string of the molecule is Br.N[C@@H](CCC(=O)O)C(=O)O.[MgH2]. The van der Waals surface area contributed by atoms with E-state index in [9.17, 15) is 9.59 Å². The van der Waals surface area contributed by atoms with Gasteiger partial charge in [-0.25, -0.2) is 0 Å². The van der Waals surface area contributed by atoms with Crippen LogP contribution in [0.4, 0.5) is 0 Å². The molecule has 0 bridgehead atoms. The Bertz CT molecular complexity index is 154. The maximum Gasteiger partial charge on any atom is 0.320 e. The fourth-order valence-corrected chi connectivity index (χ4v) is 0.402. The van der Waals surface area contributed by atoms with Crippen LogP contribution in [-0.2, 0) is 9.59 Å². The zero-order chi connectivity index (χ0) is 8.15. The second-order valence-electron chi connectivity index (χ2n) is 1.88. The first kappa shape index (κ1) is 18.0. The highest BCUT2D eigenvalue weighted by molar-refractivity contribution is 8.93. The summed E-state index contributed by atoms with van der Waals surface area (Å²) in [5.74, 6) is -2.20. The van der Waals surface area contributed by atoms with Gasteiger partial charge in [0, 0.05) is 6.42 Å². The maximum atomic E-state index is 9.99. The van der Waals surface area contributed by atoms with E-state index in [1.165, 1.54) is 0 Å². The number of carboxylic acids is 2. The van der Waals surface area contributed by atoms with Crippen molar-refractivity contribution in [2.45, 2.75) is 18.9 Å². The molecule has 0 radical (unpaired) electrons. The van der Waals surface area contributed by atoms with Crippen LogP contribution in [-0.4, -0.2) is 51.2 Å². The largest absolute Gasteiger partial charge is 0.481 e. The smallest absolute Gasteiger partial charge is 0.320 e. The van der Waals surface area contributed by atoms with Gasteiger partial charge in [-0.15, -0.1) is 17.0 Å². The number of hydrogen-bond donors (Lipinski definition) is 3. The van der Waals surface area contributed by atoms with Crippen molar-refractivity contribution in [3.05, 3.63) is 0 Å². The Morgan fingerprint density at radius 2 is 1.75 bits per heavy atom. The van der Waals surface area contributed by atoms with Crippen LogP contribution in [0, 0.1) is 0 Å². The second-order valence-corrected chi connectivity index (χ2v) is 1.88. The van der Waals surface area contributed by atoms with Crippen molar-refractivity contribution < 1.29 is 19.8 Å². The van der Waals surface area contributed by atoms with Gasteiger partial charge in [-0.3, -0.25) is 9.59 Å². The first-order chi connectivity index (χ1) is 4.54. The van der Waals surface area contributed by atoms with Crippen molar-refractivity contribution in [1.82, 2.24) is 0 Å². The summed E-state index contributed by atoms with van der Waals surface area (Å²) in [5, 5.41) is 16.3. The number of carbonyl (C=O) groups is 2. The highest BCUT2D eigenvalue weighted by Crippen LogP contribution is 1.93. The van der Waals surface area contributed by atoms with E-state index in [-0.39, 0.29) is 52.9 Å². The van der Waals surface area contributed by atoms with E-state index in [2.05, 4.69) is 0 Å². The Hall–Kier alpha value is 0.146. The molecule has 0 saturated carbocycles. The molecule has 0 aliphatic rings. The fourth-order valence-electron chi connectivity index (χ4n) is 0.402. The molecule has 0 spiro atoms. The molecule has 0 aromatic heterocycles. The molecule has 0 heterocycles. The van der Waals surface area contributed by atoms with Gasteiger partial charge in [0.25, 0.3) is 0 Å². The van der Waals surface area contributed by atoms with Crippen LogP contribution >= 0.6 is 17.0 Å². The zero-order valence-electron chi connectivity index (χ0n) is 5.69. The third-order valence-electron chi connectivity index (χ3n) is 0.986. The van der Waals surface area contributed by atoms with Gasteiger partial charge in [0.1, 0.15) is 6.04 Å². The first-order valence-electron chi connectivity index (χ1n) is 2.74. The fraction of sp³-hybridized carbons (Fsp3) is 0.600. The minimum Gasteiger partial charge on any atom is -0.481 e. The van der Waals surface area contributed by atoms with Crippen LogP contribution < -0.4 is 5.73 Å². The van der Waals surface area contributed by atoms with E-state index in [0.29, 0.717) is 0 Å². The molecule has 0 aliphatic heterocycles. The summed E-state index contributed by atoms with van der Waals surface area (Å²) >= 11 is 0. The van der Waals surface area contributed by atoms with E-state index >= 15 is 0 Å². The molecule has 5 nitrogen and oxygen atoms in total. The molecule has 12 heavy (non-hydrogen) atoms. The van der Waals surface area contributed by atoms with Crippen molar-refractivity contribution in [3.8, 4) is 0 Å². The van der Waals surface area contributed by atoms with Crippen molar-refractivity contribution in [2.24, 2.45) is 5.73 Å². The molecule has 0 unspecified atom stereocenters. The molecule has 1 atom stereocenters. The van der Waals surface area contributed by atoms with E-state index < -0.39 is 18.0 Å². The van der Waals surface area contributed by atoms with Crippen LogP contribution in [0.15, 0.2) is 0 Å². The molecule has 0 fully saturated rings. The summed E-state index contributed by atoms with van der Waals surface area (Å²) in [6.45, 7) is 0. The highest BCUT2D eigenvalue weighted by Gasteiger charge is 2.12. The average molecular weight is 254 g/mol. The number of nitrogens with two attached hydrogens (primary N) is 1. The zero-order valence-corrected chi connectivity index (χ0v) is 7.40. The van der Waals surface area contributed by atoms with Crippen molar-refractivity contribution >= 4 is 52.0 Å². The second kappa shape index (κ2) is 9.24. The molecule has 0 aromatic carbocycles. The van der Waals surface area contributed by atoms with Gasteiger partial charge < -0.3 is 15.9 Å². The monoisotopic (exact) mass is 253 g/mol. The number of aliphatic carboxylic acids is 2. The first-order valence-corrected chi connectivity index (χ1v) is 2.74. The summed E-state index contributed by atoms with van der Waals surface area (Å²) in [5.41, 5.74) is 5.00. The summed E-state index contributed by atoms with van der Waals surface area (Å²) in [4.78, 5) is 19.9. The Morgan fingerprint density at radius 3 is 2.00 bits per heavy atom. The number of rotatable bonds is 4. The molecular formula is C5H12BrMgNO4. The molecule has 0 amide bonds. The Kier molecular flexibility index (Phi) is 13.9. The topological polar surface area (TPSA) is 101 Å². The van der Waals surface area contributed by atoms with Crippen molar-refractivity contribution in [1.29, 1.82) is 0 Å². The summed E-state index contributed by atoms with van der Waals surface area (Å²) in [6, 6.07) is -1.06. The number of carboxylic acid groups (broad SMARTS) is 2. The molecule has 0 rings (SSSR count). The molecule has 0 saturated heterocycles. The molecule has 70 valence electrons. The Balaban J connectivity index is -0.000000405. The van der Waals surface area contributed by atoms with E-state index in [1.807, 2.05) is 0 Å². The van der Waals surface area contributed by atoms with E-state index in [1.54, 1.807) is 0 Å². The molecule has 0 aliphatic carbocycles. The van der Waals surface area contributed by atoms with Gasteiger partial charge in [-0.05, 0) is 6.42 Å². The molecule has 7 heteroatoms. The van der Waals surface area contributed by atoms with Crippen LogP contribution in [0.3, 0.4) is 0 Å². The summed E-state index contributed by atoms with van der Waals surface area (Å²) < 4.78 is 0. The van der Waals surface area contributed by atoms with Crippen LogP contribution in [0.5, 0.6) is 0 Å². The molecular weight excluding hydrogens is 242 g/mol. The normalized spacial score (nSPS) is 10.4. The Morgan fingerprint density at radius 1 is 1.33 bits per heavy atom. The predicted molar refractivity (Wildman–Crippen MR) is 51.3 cm³/mol. The average Bonchev–Trinajstić information content (AvgIpc) is 1.82. The standard InChI is InChI=1S/C5H9NO4.BrH.Mg.2H/c6-3(5(9)10)1-2-4(7)8;;;;/h3H,1-2,6H2,(H,7,8)(H,9,10);1H;;;/t3-;;;;/m0..../s1. The lowest BCUT2D eigenvalue weighted by Gasteiger charge is -2.01. The summed E-state index contributed by atoms with van der Waals surface area (Å²) in [6.07, 6.45) is -0.224. The van der Waals surface area contributed by atoms with Gasteiger partial charge in [0.15, 0.2) is 0 Å². The number of halogens is 1. The van der Waals surface area contributed by atoms with Gasteiger partial charge in [-0.1, -0.05) is 0 Å². The van der Waals surface area contributed by atoms with Gasteiger partial charge in [0.2, 0.25) is 0 Å². The van der Waals surface area contributed by atoms with Crippen LogP contribution in [0.25, 0.3) is 0 Å². The van der Waals surface area contributed by atoms with Gasteiger partial charge in [-0.2, -0.15) is 0 Å². The van der Waals surface area contributed by atoms with Gasteiger partial charge in [0.05, 0.1) is 0 Å². The van der Waals surface area contributed by atoms with Crippen molar-refractivity contribution in [2.75, 3.05) is 0 Å². The van der Waals surface area contributed by atoms with Crippen molar-refractivity contribution in [3.63, 3.8) is 0 Å². The van der Waals surface area contributed by atoms with Crippen LogP contribution in [0.1, 0.15) is 12.8 Å². The van der Waals surface area contributed by atoms with E-state index in [4.69, 9.17) is 15.9 Å². The highest BCUT2D eigenvalue weighted by atomic mass is 79.9. The third kappa shape index (κ3) is 10.1. The quantitative estimate of drug-likeness (QED) is 0.554. The lowest BCUT2D eigenvalue weighted by atomic mass is 10.2. The third-order valence-corrected chi connectivity index (χ3v) is 0.986. The predicted octanol–water partition coefficient (Wildman–Crippen LogP) is -1.08. The maximum absolute atomic E-state index is 9.99. The molecule has 0 aromatic rings. The lowest BCUT2D eigenvalue weighted by Crippen LogP contribution is -2.30. The van der Waals surface area contributed by atoms with Gasteiger partial charge >= 0.3 is 35.0 Å².